The zero-order valence-corrected chi connectivity index (χ0v) is 11.6. The lowest BCUT2D eigenvalue weighted by atomic mass is 10.1. The number of fused-ring (bicyclic) bond motifs is 1. The van der Waals surface area contributed by atoms with Gasteiger partial charge in [0.1, 0.15) is 0 Å². The van der Waals surface area contributed by atoms with Gasteiger partial charge in [0.15, 0.2) is 0 Å². The number of anilines is 1. The predicted octanol–water partition coefficient (Wildman–Crippen LogP) is 3.67. The van der Waals surface area contributed by atoms with Crippen molar-refractivity contribution in [3.63, 3.8) is 0 Å². The minimum atomic E-state index is 0.145. The number of nitrogens with one attached hydrogen (secondary N) is 1. The Hall–Kier alpha value is -2.93. The minimum absolute atomic E-state index is 0.145. The SMILES string of the molecule is CC(Nc1ccc2nccnc2c1)c1ccc(C#N)cc1. The highest BCUT2D eigenvalue weighted by atomic mass is 14.9. The van der Waals surface area contributed by atoms with Crippen molar-refractivity contribution in [2.24, 2.45) is 0 Å². The first kappa shape index (κ1) is 13.1. The molecule has 0 spiro atoms. The third-order valence-corrected chi connectivity index (χ3v) is 3.39. The molecule has 1 aromatic heterocycles. The molecular formula is C17H14N4. The Bertz CT molecular complexity index is 803. The number of aromatic nitrogens is 2. The van der Waals surface area contributed by atoms with E-state index in [4.69, 9.17) is 5.26 Å². The van der Waals surface area contributed by atoms with Crippen molar-refractivity contribution < 1.29 is 0 Å². The van der Waals surface area contributed by atoms with Crippen molar-refractivity contribution >= 4 is 16.7 Å². The molecule has 0 fully saturated rings. The van der Waals surface area contributed by atoms with Crippen LogP contribution in [0.3, 0.4) is 0 Å². The lowest BCUT2D eigenvalue weighted by Crippen LogP contribution is -2.06. The summed E-state index contributed by atoms with van der Waals surface area (Å²) in [5.74, 6) is 0. The van der Waals surface area contributed by atoms with Crippen LogP contribution in [0.15, 0.2) is 54.9 Å². The van der Waals surface area contributed by atoms with E-state index in [2.05, 4.69) is 28.3 Å². The summed E-state index contributed by atoms with van der Waals surface area (Å²) in [5, 5.41) is 12.3. The number of hydrogen-bond acceptors (Lipinski definition) is 4. The second-order valence-electron chi connectivity index (χ2n) is 4.86. The van der Waals surface area contributed by atoms with E-state index in [0.717, 1.165) is 22.3 Å². The maximum atomic E-state index is 8.82. The van der Waals surface area contributed by atoms with Crippen LogP contribution in [0.4, 0.5) is 5.69 Å². The highest BCUT2D eigenvalue weighted by Gasteiger charge is 2.06. The molecule has 0 saturated heterocycles. The average Bonchev–Trinajstić information content (AvgIpc) is 2.55. The van der Waals surface area contributed by atoms with E-state index in [0.29, 0.717) is 5.56 Å². The fourth-order valence-electron chi connectivity index (χ4n) is 2.23. The number of nitrogens with zero attached hydrogens (tertiary/aromatic N) is 3. The second kappa shape index (κ2) is 5.59. The lowest BCUT2D eigenvalue weighted by molar-refractivity contribution is 0.885. The molecule has 0 amide bonds. The van der Waals surface area contributed by atoms with Crippen molar-refractivity contribution in [2.75, 3.05) is 5.32 Å². The third kappa shape index (κ3) is 2.82. The van der Waals surface area contributed by atoms with Crippen molar-refractivity contribution in [3.05, 3.63) is 66.0 Å². The number of nitriles is 1. The Balaban J connectivity index is 1.81. The van der Waals surface area contributed by atoms with Crippen LogP contribution in [0.25, 0.3) is 11.0 Å². The van der Waals surface area contributed by atoms with E-state index in [1.165, 1.54) is 0 Å². The normalized spacial score (nSPS) is 11.8. The predicted molar refractivity (Wildman–Crippen MR) is 82.7 cm³/mol. The number of hydrogen-bond donors (Lipinski definition) is 1. The fraction of sp³-hybridized carbons (Fsp3) is 0.118. The van der Waals surface area contributed by atoms with Gasteiger partial charge in [0, 0.05) is 24.1 Å². The lowest BCUT2D eigenvalue weighted by Gasteiger charge is -2.16. The summed E-state index contributed by atoms with van der Waals surface area (Å²) in [6.07, 6.45) is 3.38. The first-order valence-corrected chi connectivity index (χ1v) is 6.73. The van der Waals surface area contributed by atoms with Crippen LogP contribution in [-0.4, -0.2) is 9.97 Å². The van der Waals surface area contributed by atoms with Crippen LogP contribution in [0, 0.1) is 11.3 Å². The zero-order chi connectivity index (χ0) is 14.7. The van der Waals surface area contributed by atoms with Gasteiger partial charge in [0.05, 0.1) is 22.7 Å². The molecule has 0 aliphatic rings. The monoisotopic (exact) mass is 274 g/mol. The largest absolute Gasteiger partial charge is 0.378 e. The summed E-state index contributed by atoms with van der Waals surface area (Å²) in [7, 11) is 0. The molecule has 0 bridgehead atoms. The van der Waals surface area contributed by atoms with E-state index in [-0.39, 0.29) is 6.04 Å². The highest BCUT2D eigenvalue weighted by molar-refractivity contribution is 5.78. The Labute approximate surface area is 123 Å². The summed E-state index contributed by atoms with van der Waals surface area (Å²) < 4.78 is 0. The molecular weight excluding hydrogens is 260 g/mol. The standard InChI is InChI=1S/C17H14N4/c1-12(14-4-2-13(11-18)3-5-14)21-15-6-7-16-17(10-15)20-9-8-19-16/h2-10,12,21H,1H3. The molecule has 0 radical (unpaired) electrons. The maximum absolute atomic E-state index is 8.82. The molecule has 21 heavy (non-hydrogen) atoms. The van der Waals surface area contributed by atoms with Crippen LogP contribution < -0.4 is 5.32 Å². The van der Waals surface area contributed by atoms with E-state index < -0.39 is 0 Å². The molecule has 4 nitrogen and oxygen atoms in total. The molecule has 102 valence electrons. The molecule has 1 atom stereocenters. The topological polar surface area (TPSA) is 61.6 Å². The molecule has 3 rings (SSSR count). The number of rotatable bonds is 3. The molecule has 0 aliphatic carbocycles. The van der Waals surface area contributed by atoms with Gasteiger partial charge < -0.3 is 5.32 Å². The third-order valence-electron chi connectivity index (χ3n) is 3.39. The first-order chi connectivity index (χ1) is 10.3. The van der Waals surface area contributed by atoms with Gasteiger partial charge in [-0.25, -0.2) is 0 Å². The van der Waals surface area contributed by atoms with E-state index in [1.54, 1.807) is 12.4 Å². The van der Waals surface area contributed by atoms with E-state index >= 15 is 0 Å². The average molecular weight is 274 g/mol. The van der Waals surface area contributed by atoms with Gasteiger partial charge in [0.25, 0.3) is 0 Å². The summed E-state index contributed by atoms with van der Waals surface area (Å²) in [4.78, 5) is 8.56. The van der Waals surface area contributed by atoms with E-state index in [9.17, 15) is 0 Å². The van der Waals surface area contributed by atoms with Crippen LogP contribution in [-0.2, 0) is 0 Å². The smallest absolute Gasteiger partial charge is 0.0991 e. The first-order valence-electron chi connectivity index (χ1n) is 6.73. The van der Waals surface area contributed by atoms with Crippen molar-refractivity contribution in [3.8, 4) is 6.07 Å². The minimum Gasteiger partial charge on any atom is -0.378 e. The molecule has 1 heterocycles. The molecule has 0 aliphatic heterocycles. The van der Waals surface area contributed by atoms with Crippen molar-refractivity contribution in [1.29, 1.82) is 5.26 Å². The van der Waals surface area contributed by atoms with Gasteiger partial charge in [-0.05, 0) is 42.8 Å². The maximum Gasteiger partial charge on any atom is 0.0991 e. The zero-order valence-electron chi connectivity index (χ0n) is 11.6. The Morgan fingerprint density at radius 3 is 2.43 bits per heavy atom. The summed E-state index contributed by atoms with van der Waals surface area (Å²) >= 11 is 0. The Kier molecular flexibility index (Phi) is 3.48. The van der Waals surface area contributed by atoms with Crippen LogP contribution in [0.1, 0.15) is 24.1 Å². The summed E-state index contributed by atoms with van der Waals surface area (Å²) in [5.41, 5.74) is 4.56. The molecule has 1 unspecified atom stereocenters. The van der Waals surface area contributed by atoms with Crippen LogP contribution in [0.2, 0.25) is 0 Å². The molecule has 0 saturated carbocycles. The molecule has 3 aromatic rings. The summed E-state index contributed by atoms with van der Waals surface area (Å²) in [6, 6.07) is 15.8. The van der Waals surface area contributed by atoms with Gasteiger partial charge in [-0.1, -0.05) is 12.1 Å². The van der Waals surface area contributed by atoms with Gasteiger partial charge >= 0.3 is 0 Å². The van der Waals surface area contributed by atoms with Gasteiger partial charge in [-0.15, -0.1) is 0 Å². The fourth-order valence-corrected chi connectivity index (χ4v) is 2.23. The van der Waals surface area contributed by atoms with Gasteiger partial charge in [-0.2, -0.15) is 5.26 Å². The van der Waals surface area contributed by atoms with Gasteiger partial charge in [-0.3, -0.25) is 9.97 Å². The summed E-state index contributed by atoms with van der Waals surface area (Å²) in [6.45, 7) is 2.09. The van der Waals surface area contributed by atoms with Crippen molar-refractivity contribution in [2.45, 2.75) is 13.0 Å². The number of benzene rings is 2. The molecule has 4 heteroatoms. The Morgan fingerprint density at radius 2 is 1.71 bits per heavy atom. The van der Waals surface area contributed by atoms with Crippen LogP contribution >= 0.6 is 0 Å². The van der Waals surface area contributed by atoms with Crippen molar-refractivity contribution in [1.82, 2.24) is 9.97 Å². The van der Waals surface area contributed by atoms with E-state index in [1.807, 2.05) is 42.5 Å². The Morgan fingerprint density at radius 1 is 1.00 bits per heavy atom. The van der Waals surface area contributed by atoms with Crippen LogP contribution in [0.5, 0.6) is 0 Å². The quantitative estimate of drug-likeness (QED) is 0.791. The molecule has 2 aromatic carbocycles. The second-order valence-corrected chi connectivity index (χ2v) is 4.86. The van der Waals surface area contributed by atoms with Gasteiger partial charge in [0.2, 0.25) is 0 Å². The molecule has 1 N–H and O–H groups in total. The highest BCUT2D eigenvalue weighted by Crippen LogP contribution is 2.21.